The third-order valence-corrected chi connectivity index (χ3v) is 2.97. The number of Topliss-reactive ketones (excluding diaryl/α,β-unsaturated/α-hetero) is 1. The number of nitrogens with zero attached hydrogens (tertiary/aromatic N) is 1. The van der Waals surface area contributed by atoms with Crippen LogP contribution in [0, 0.1) is 6.92 Å². The quantitative estimate of drug-likeness (QED) is 0.856. The summed E-state index contributed by atoms with van der Waals surface area (Å²) < 4.78 is 5.11. The Labute approximate surface area is 112 Å². The summed E-state index contributed by atoms with van der Waals surface area (Å²) >= 11 is 0. The fourth-order valence-electron chi connectivity index (χ4n) is 1.81. The molecule has 4 heteroatoms. The first-order chi connectivity index (χ1) is 8.97. The minimum Gasteiger partial charge on any atom is -0.508 e. The van der Waals surface area contributed by atoms with Crippen LogP contribution in [0.15, 0.2) is 28.8 Å². The molecular weight excluding hydrogens is 242 g/mol. The molecule has 4 nitrogen and oxygen atoms in total. The van der Waals surface area contributed by atoms with Crippen LogP contribution in [0.2, 0.25) is 0 Å². The van der Waals surface area contributed by atoms with Gasteiger partial charge in [0.05, 0.1) is 0 Å². The van der Waals surface area contributed by atoms with E-state index in [9.17, 15) is 9.90 Å². The molecule has 0 unspecified atom stereocenters. The van der Waals surface area contributed by atoms with Gasteiger partial charge >= 0.3 is 0 Å². The zero-order chi connectivity index (χ0) is 14.0. The van der Waals surface area contributed by atoms with E-state index in [1.807, 2.05) is 20.8 Å². The summed E-state index contributed by atoms with van der Waals surface area (Å²) in [6.07, 6.45) is 0.123. The largest absolute Gasteiger partial charge is 0.508 e. The molecule has 0 saturated carbocycles. The molecule has 1 N–H and O–H groups in total. The number of carbonyl (C=O) groups is 1. The lowest BCUT2D eigenvalue weighted by Gasteiger charge is -2.03. The fraction of sp³-hybridized carbons (Fsp3) is 0.333. The Morgan fingerprint density at radius 1 is 1.37 bits per heavy atom. The van der Waals surface area contributed by atoms with Gasteiger partial charge in [0.15, 0.2) is 5.78 Å². The lowest BCUT2D eigenvalue weighted by molar-refractivity contribution is 0.0983. The summed E-state index contributed by atoms with van der Waals surface area (Å²) in [5.74, 6) is 0.862. The second-order valence-electron chi connectivity index (χ2n) is 5.00. The van der Waals surface area contributed by atoms with E-state index in [1.165, 1.54) is 0 Å². The maximum atomic E-state index is 12.1. The van der Waals surface area contributed by atoms with Crippen molar-refractivity contribution in [3.8, 4) is 5.75 Å². The molecule has 0 radical (unpaired) electrons. The van der Waals surface area contributed by atoms with Crippen molar-refractivity contribution in [3.63, 3.8) is 0 Å². The van der Waals surface area contributed by atoms with Gasteiger partial charge in [-0.05, 0) is 13.0 Å². The molecule has 100 valence electrons. The summed E-state index contributed by atoms with van der Waals surface area (Å²) in [7, 11) is 0. The Morgan fingerprint density at radius 3 is 2.74 bits per heavy atom. The molecule has 1 aromatic carbocycles. The Balaban J connectivity index is 2.18. The van der Waals surface area contributed by atoms with Gasteiger partial charge in [0.25, 0.3) is 0 Å². The molecule has 1 aromatic heterocycles. The number of hydrogen-bond donors (Lipinski definition) is 1. The van der Waals surface area contributed by atoms with E-state index in [4.69, 9.17) is 4.52 Å². The molecule has 0 aliphatic carbocycles. The van der Waals surface area contributed by atoms with Gasteiger partial charge in [0.2, 0.25) is 0 Å². The minimum absolute atomic E-state index is 0.123. The lowest BCUT2D eigenvalue weighted by atomic mass is 10.0. The SMILES string of the molecule is Cc1ccc(O)c(CC(=O)c2cc(C(C)C)on2)c1. The zero-order valence-electron chi connectivity index (χ0n) is 11.3. The maximum Gasteiger partial charge on any atom is 0.189 e. The van der Waals surface area contributed by atoms with Crippen LogP contribution in [0.1, 0.15) is 47.1 Å². The molecule has 0 amide bonds. The van der Waals surface area contributed by atoms with E-state index >= 15 is 0 Å². The van der Waals surface area contributed by atoms with Crippen LogP contribution in [0.4, 0.5) is 0 Å². The van der Waals surface area contributed by atoms with Gasteiger partial charge in [-0.3, -0.25) is 4.79 Å². The van der Waals surface area contributed by atoms with Gasteiger partial charge < -0.3 is 9.63 Å². The van der Waals surface area contributed by atoms with Gasteiger partial charge in [-0.15, -0.1) is 0 Å². The molecule has 2 aromatic rings. The first-order valence-corrected chi connectivity index (χ1v) is 6.25. The first kappa shape index (κ1) is 13.3. The van der Waals surface area contributed by atoms with E-state index in [0.29, 0.717) is 17.0 Å². The van der Waals surface area contributed by atoms with Gasteiger partial charge in [-0.1, -0.05) is 36.7 Å². The highest BCUT2D eigenvalue weighted by molar-refractivity contribution is 5.96. The van der Waals surface area contributed by atoms with Crippen molar-refractivity contribution < 1.29 is 14.4 Å². The van der Waals surface area contributed by atoms with Gasteiger partial charge in [0, 0.05) is 24.0 Å². The standard InChI is InChI=1S/C15H17NO3/c1-9(2)15-8-12(16-19-15)14(18)7-11-6-10(3)4-5-13(11)17/h4-6,8-9,17H,7H2,1-3H3. The van der Waals surface area contributed by atoms with E-state index in [0.717, 1.165) is 5.56 Å². The number of aromatic hydroxyl groups is 1. The van der Waals surface area contributed by atoms with Crippen LogP contribution in [0.3, 0.4) is 0 Å². The Hall–Kier alpha value is -2.10. The predicted octanol–water partition coefficient (Wildman–Crippen LogP) is 3.24. The number of aryl methyl sites for hydroxylation is 1. The van der Waals surface area contributed by atoms with Gasteiger partial charge in [-0.25, -0.2) is 0 Å². The number of phenolic OH excluding ortho intramolecular Hbond substituents is 1. The highest BCUT2D eigenvalue weighted by Crippen LogP contribution is 2.21. The smallest absolute Gasteiger partial charge is 0.189 e. The molecule has 19 heavy (non-hydrogen) atoms. The van der Waals surface area contributed by atoms with Crippen molar-refractivity contribution in [1.29, 1.82) is 0 Å². The summed E-state index contributed by atoms with van der Waals surface area (Å²) in [6.45, 7) is 5.86. The Kier molecular flexibility index (Phi) is 3.69. The highest BCUT2D eigenvalue weighted by Gasteiger charge is 2.16. The van der Waals surface area contributed by atoms with Crippen LogP contribution in [0.5, 0.6) is 5.75 Å². The molecule has 0 aliphatic rings. The number of ketones is 1. The summed E-state index contributed by atoms with van der Waals surface area (Å²) in [4.78, 5) is 12.1. The summed E-state index contributed by atoms with van der Waals surface area (Å²) in [5, 5.41) is 13.5. The van der Waals surface area contributed by atoms with Crippen molar-refractivity contribution in [1.82, 2.24) is 5.16 Å². The lowest BCUT2D eigenvalue weighted by Crippen LogP contribution is -2.04. The van der Waals surface area contributed by atoms with Crippen molar-refractivity contribution in [3.05, 3.63) is 46.8 Å². The maximum absolute atomic E-state index is 12.1. The summed E-state index contributed by atoms with van der Waals surface area (Å²) in [6, 6.07) is 6.87. The van der Waals surface area contributed by atoms with Crippen LogP contribution < -0.4 is 0 Å². The second-order valence-corrected chi connectivity index (χ2v) is 5.00. The normalized spacial score (nSPS) is 10.9. The molecule has 0 aliphatic heterocycles. The molecular formula is C15H17NO3. The van der Waals surface area contributed by atoms with E-state index in [2.05, 4.69) is 5.16 Å². The van der Waals surface area contributed by atoms with E-state index in [1.54, 1.807) is 24.3 Å². The van der Waals surface area contributed by atoms with Crippen molar-refractivity contribution in [2.24, 2.45) is 0 Å². The minimum atomic E-state index is -0.156. The number of aromatic nitrogens is 1. The van der Waals surface area contributed by atoms with Gasteiger partial charge in [0.1, 0.15) is 17.2 Å². The third kappa shape index (κ3) is 3.02. The van der Waals surface area contributed by atoms with Crippen LogP contribution in [-0.4, -0.2) is 16.0 Å². The second kappa shape index (κ2) is 5.26. The Bertz CT molecular complexity index is 599. The predicted molar refractivity (Wildman–Crippen MR) is 71.5 cm³/mol. The Morgan fingerprint density at radius 2 is 2.11 bits per heavy atom. The average molecular weight is 259 g/mol. The van der Waals surface area contributed by atoms with Crippen LogP contribution in [-0.2, 0) is 6.42 Å². The molecule has 0 saturated heterocycles. The number of benzene rings is 1. The third-order valence-electron chi connectivity index (χ3n) is 2.97. The number of rotatable bonds is 4. The fourth-order valence-corrected chi connectivity index (χ4v) is 1.81. The van der Waals surface area contributed by atoms with E-state index < -0.39 is 0 Å². The number of hydrogen-bond acceptors (Lipinski definition) is 4. The highest BCUT2D eigenvalue weighted by atomic mass is 16.5. The van der Waals surface area contributed by atoms with Crippen molar-refractivity contribution >= 4 is 5.78 Å². The first-order valence-electron chi connectivity index (χ1n) is 6.25. The number of phenols is 1. The molecule has 0 fully saturated rings. The van der Waals surface area contributed by atoms with Gasteiger partial charge in [-0.2, -0.15) is 0 Å². The topological polar surface area (TPSA) is 63.3 Å². The van der Waals surface area contributed by atoms with Crippen molar-refractivity contribution in [2.75, 3.05) is 0 Å². The van der Waals surface area contributed by atoms with Crippen LogP contribution in [0.25, 0.3) is 0 Å². The number of carbonyl (C=O) groups excluding carboxylic acids is 1. The monoisotopic (exact) mass is 259 g/mol. The average Bonchev–Trinajstić information content (AvgIpc) is 2.83. The molecule has 0 spiro atoms. The summed E-state index contributed by atoms with van der Waals surface area (Å²) in [5.41, 5.74) is 1.92. The molecule has 2 rings (SSSR count). The molecule has 0 atom stereocenters. The van der Waals surface area contributed by atoms with Crippen LogP contribution >= 0.6 is 0 Å². The molecule has 1 heterocycles. The zero-order valence-corrected chi connectivity index (χ0v) is 11.3. The molecule has 0 bridgehead atoms. The van der Waals surface area contributed by atoms with Crippen molar-refractivity contribution in [2.45, 2.75) is 33.1 Å². The van der Waals surface area contributed by atoms with E-state index in [-0.39, 0.29) is 23.9 Å².